The first-order valence-electron chi connectivity index (χ1n) is 9.39. The lowest BCUT2D eigenvalue weighted by Gasteiger charge is -2.25. The molecular formula is C18H23N5O2S2. The number of carbonyl (C=O) groups excluding carboxylic acids is 2. The van der Waals surface area contributed by atoms with E-state index in [1.54, 1.807) is 11.3 Å². The predicted octanol–water partition coefficient (Wildman–Crippen LogP) is 3.08. The number of carbonyl (C=O) groups is 2. The predicted molar refractivity (Wildman–Crippen MR) is 105 cm³/mol. The molecule has 4 rings (SSSR count). The van der Waals surface area contributed by atoms with Gasteiger partial charge in [0.05, 0.1) is 5.75 Å². The Hall–Kier alpha value is -1.87. The molecule has 3 amide bonds. The molecule has 3 heterocycles. The lowest BCUT2D eigenvalue weighted by molar-refractivity contribution is -0.124. The number of thioether (sulfide) groups is 1. The number of hydrogen-bond acceptors (Lipinski definition) is 6. The van der Waals surface area contributed by atoms with Crippen molar-refractivity contribution < 1.29 is 9.59 Å². The zero-order chi connectivity index (χ0) is 18.6. The van der Waals surface area contributed by atoms with Gasteiger partial charge >= 0.3 is 6.03 Å². The Morgan fingerprint density at radius 3 is 2.85 bits per heavy atom. The molecule has 1 N–H and O–H groups in total. The van der Waals surface area contributed by atoms with Gasteiger partial charge in [-0.05, 0) is 24.3 Å². The van der Waals surface area contributed by atoms with Crippen molar-refractivity contribution in [2.45, 2.75) is 49.7 Å². The van der Waals surface area contributed by atoms with Crippen molar-refractivity contribution in [1.82, 2.24) is 25.0 Å². The number of amides is 3. The number of thiophene rings is 1. The first-order valence-corrected chi connectivity index (χ1v) is 11.3. The monoisotopic (exact) mass is 405 g/mol. The van der Waals surface area contributed by atoms with Crippen molar-refractivity contribution >= 4 is 35.0 Å². The highest BCUT2D eigenvalue weighted by Crippen LogP contribution is 2.33. The van der Waals surface area contributed by atoms with Gasteiger partial charge in [-0.2, -0.15) is 0 Å². The average Bonchev–Trinajstić information content (AvgIpc) is 3.42. The fourth-order valence-corrected chi connectivity index (χ4v) is 5.32. The minimum Gasteiger partial charge on any atom is -0.336 e. The number of rotatable bonds is 6. The summed E-state index contributed by atoms with van der Waals surface area (Å²) in [5, 5.41) is 14.4. The number of nitrogens with zero attached hydrogens (tertiary/aromatic N) is 4. The molecule has 7 nitrogen and oxygen atoms in total. The van der Waals surface area contributed by atoms with Crippen LogP contribution in [0.15, 0.2) is 22.7 Å². The van der Waals surface area contributed by atoms with E-state index in [4.69, 9.17) is 0 Å². The molecule has 0 bridgehead atoms. The first-order chi connectivity index (χ1) is 13.2. The van der Waals surface area contributed by atoms with Crippen LogP contribution in [-0.2, 0) is 11.2 Å². The lowest BCUT2D eigenvalue weighted by atomic mass is 9.95. The molecule has 1 saturated heterocycles. The van der Waals surface area contributed by atoms with Crippen molar-refractivity contribution in [2.24, 2.45) is 0 Å². The van der Waals surface area contributed by atoms with Crippen LogP contribution < -0.4 is 5.32 Å². The molecule has 144 valence electrons. The van der Waals surface area contributed by atoms with Gasteiger partial charge in [-0.1, -0.05) is 37.1 Å². The highest BCUT2D eigenvalue weighted by atomic mass is 32.2. The van der Waals surface area contributed by atoms with Crippen LogP contribution in [0.2, 0.25) is 0 Å². The third-order valence-electron chi connectivity index (χ3n) is 5.07. The average molecular weight is 406 g/mol. The molecule has 0 atom stereocenters. The smallest absolute Gasteiger partial charge is 0.324 e. The molecule has 2 aromatic heterocycles. The zero-order valence-electron chi connectivity index (χ0n) is 15.1. The van der Waals surface area contributed by atoms with Crippen LogP contribution in [0.4, 0.5) is 4.79 Å². The van der Waals surface area contributed by atoms with Crippen molar-refractivity contribution in [3.63, 3.8) is 0 Å². The van der Waals surface area contributed by atoms with Crippen molar-refractivity contribution in [3.8, 4) is 0 Å². The summed E-state index contributed by atoms with van der Waals surface area (Å²) in [5.74, 6) is 1.00. The Labute approximate surface area is 166 Å². The quantitative estimate of drug-likeness (QED) is 0.747. The van der Waals surface area contributed by atoms with Gasteiger partial charge in [0, 0.05) is 30.4 Å². The van der Waals surface area contributed by atoms with Crippen LogP contribution in [-0.4, -0.2) is 50.4 Å². The van der Waals surface area contributed by atoms with E-state index in [-0.39, 0.29) is 17.7 Å². The van der Waals surface area contributed by atoms with Crippen LogP contribution in [0.25, 0.3) is 0 Å². The summed E-state index contributed by atoms with van der Waals surface area (Å²) < 4.78 is 2.25. The van der Waals surface area contributed by atoms with Gasteiger partial charge in [-0.15, -0.1) is 21.5 Å². The Kier molecular flexibility index (Phi) is 5.77. The highest BCUT2D eigenvalue weighted by Gasteiger charge is 2.28. The van der Waals surface area contributed by atoms with Gasteiger partial charge in [0.2, 0.25) is 5.91 Å². The largest absolute Gasteiger partial charge is 0.336 e. The highest BCUT2D eigenvalue weighted by molar-refractivity contribution is 7.99. The standard InChI is InChI=1S/C18H23N5O2S2/c24-16(22-9-8-19-17(22)25)12-27-18-21-20-15(11-14-7-4-10-26-14)23(18)13-5-2-1-3-6-13/h4,7,10,13H,1-3,5-6,8-9,11-12H2,(H,19,25). The molecule has 1 aliphatic carbocycles. The van der Waals surface area contributed by atoms with Crippen LogP contribution in [0, 0.1) is 0 Å². The van der Waals surface area contributed by atoms with Crippen molar-refractivity contribution in [3.05, 3.63) is 28.2 Å². The van der Waals surface area contributed by atoms with Crippen LogP contribution >= 0.6 is 23.1 Å². The first kappa shape index (κ1) is 18.5. The van der Waals surface area contributed by atoms with Crippen molar-refractivity contribution in [2.75, 3.05) is 18.8 Å². The molecule has 2 aliphatic rings. The van der Waals surface area contributed by atoms with E-state index in [9.17, 15) is 9.59 Å². The second-order valence-corrected chi connectivity index (χ2v) is 8.86. The van der Waals surface area contributed by atoms with Gasteiger partial charge in [0.1, 0.15) is 5.82 Å². The fourth-order valence-electron chi connectivity index (χ4n) is 3.72. The van der Waals surface area contributed by atoms with Gasteiger partial charge in [0.15, 0.2) is 5.16 Å². The number of imide groups is 1. The topological polar surface area (TPSA) is 80.1 Å². The Morgan fingerprint density at radius 2 is 2.15 bits per heavy atom. The summed E-state index contributed by atoms with van der Waals surface area (Å²) in [7, 11) is 0. The molecule has 0 spiro atoms. The maximum atomic E-state index is 12.4. The minimum absolute atomic E-state index is 0.173. The van der Waals surface area contributed by atoms with Crippen LogP contribution in [0.5, 0.6) is 0 Å². The van der Waals surface area contributed by atoms with E-state index in [1.165, 1.54) is 40.8 Å². The third kappa shape index (κ3) is 4.19. The maximum absolute atomic E-state index is 12.4. The van der Waals surface area contributed by atoms with Gasteiger partial charge in [-0.3, -0.25) is 9.69 Å². The maximum Gasteiger partial charge on any atom is 0.324 e. The van der Waals surface area contributed by atoms with E-state index in [2.05, 4.69) is 37.6 Å². The van der Waals surface area contributed by atoms with Gasteiger partial charge in [-0.25, -0.2) is 4.79 Å². The van der Waals surface area contributed by atoms with Gasteiger partial charge < -0.3 is 9.88 Å². The molecule has 27 heavy (non-hydrogen) atoms. The molecule has 9 heteroatoms. The molecule has 1 aliphatic heterocycles. The Bertz CT molecular complexity index is 799. The van der Waals surface area contributed by atoms with Crippen molar-refractivity contribution in [1.29, 1.82) is 0 Å². The molecule has 0 radical (unpaired) electrons. The second kappa shape index (κ2) is 8.43. The molecule has 0 unspecified atom stereocenters. The summed E-state index contributed by atoms with van der Waals surface area (Å²) in [4.78, 5) is 26.6. The molecular weight excluding hydrogens is 382 g/mol. The van der Waals surface area contributed by atoms with E-state index in [1.807, 2.05) is 0 Å². The number of aromatic nitrogens is 3. The van der Waals surface area contributed by atoms with E-state index >= 15 is 0 Å². The third-order valence-corrected chi connectivity index (χ3v) is 6.87. The fraction of sp³-hybridized carbons (Fsp3) is 0.556. The Balaban J connectivity index is 1.51. The summed E-state index contributed by atoms with van der Waals surface area (Å²) in [6.45, 7) is 0.968. The van der Waals surface area contributed by atoms with Gasteiger partial charge in [0.25, 0.3) is 0 Å². The van der Waals surface area contributed by atoms with Crippen LogP contribution in [0.1, 0.15) is 48.8 Å². The molecule has 0 aromatic carbocycles. The normalized spacial score (nSPS) is 18.1. The van der Waals surface area contributed by atoms with E-state index in [0.29, 0.717) is 19.1 Å². The van der Waals surface area contributed by atoms with E-state index in [0.717, 1.165) is 30.2 Å². The SMILES string of the molecule is O=C(CSc1nnc(Cc2cccs2)n1C1CCCCC1)N1CCNC1=O. The zero-order valence-corrected chi connectivity index (χ0v) is 16.7. The Morgan fingerprint density at radius 1 is 1.30 bits per heavy atom. The molecule has 1 saturated carbocycles. The second-order valence-electron chi connectivity index (χ2n) is 6.88. The summed E-state index contributed by atoms with van der Waals surface area (Å²) in [6.07, 6.45) is 6.75. The minimum atomic E-state index is -0.298. The summed E-state index contributed by atoms with van der Waals surface area (Å²) >= 11 is 3.12. The number of urea groups is 1. The van der Waals surface area contributed by atoms with Crippen LogP contribution in [0.3, 0.4) is 0 Å². The lowest BCUT2D eigenvalue weighted by Crippen LogP contribution is -2.35. The summed E-state index contributed by atoms with van der Waals surface area (Å²) in [6, 6.07) is 4.27. The molecule has 2 fully saturated rings. The van der Waals surface area contributed by atoms with E-state index < -0.39 is 0 Å². The molecule has 2 aromatic rings. The summed E-state index contributed by atoms with van der Waals surface area (Å²) in [5.41, 5.74) is 0. The number of nitrogens with one attached hydrogen (secondary N) is 1. The number of hydrogen-bond donors (Lipinski definition) is 1.